The monoisotopic (exact) mass is 583 g/mol. The number of hydrogen-bond donors (Lipinski definition) is 1. The van der Waals surface area contributed by atoms with Crippen LogP contribution in [0.5, 0.6) is 0 Å². The van der Waals surface area contributed by atoms with Crippen LogP contribution in [0.4, 0.5) is 5.69 Å². The number of carbonyl (C=O) groups is 2. The Balaban J connectivity index is 2.05. The third-order valence-electron chi connectivity index (χ3n) is 6.62. The molecule has 7 nitrogen and oxygen atoms in total. The molecule has 2 amide bonds. The van der Waals surface area contributed by atoms with Crippen LogP contribution in [-0.4, -0.2) is 44.3 Å². The van der Waals surface area contributed by atoms with Crippen molar-refractivity contribution < 1.29 is 18.0 Å². The third kappa shape index (κ3) is 7.86. The first-order chi connectivity index (χ1) is 18.9. The first-order valence-electron chi connectivity index (χ1n) is 13.4. The maximum atomic E-state index is 14.0. The van der Waals surface area contributed by atoms with Crippen molar-refractivity contribution in [2.24, 2.45) is 5.92 Å². The van der Waals surface area contributed by atoms with Gasteiger partial charge in [0.1, 0.15) is 12.6 Å². The fourth-order valence-electron chi connectivity index (χ4n) is 4.27. The smallest absolute Gasteiger partial charge is 0.264 e. The van der Waals surface area contributed by atoms with Crippen molar-refractivity contribution in [3.8, 4) is 0 Å². The molecular weight excluding hydrogens is 546 g/mol. The lowest BCUT2D eigenvalue weighted by atomic mass is 10.1. The van der Waals surface area contributed by atoms with Crippen LogP contribution < -0.4 is 9.62 Å². The molecule has 9 heteroatoms. The Morgan fingerprint density at radius 3 is 2.25 bits per heavy atom. The Bertz CT molecular complexity index is 1420. The Morgan fingerprint density at radius 1 is 0.950 bits per heavy atom. The summed E-state index contributed by atoms with van der Waals surface area (Å²) in [7, 11) is -4.11. The SMILES string of the molecule is CCc1ccccc1N(CC(=O)N(Cc1cccc(Cl)c1)C(C)C(=O)NCC(C)C)S(=O)(=O)c1ccc(C)cc1. The molecule has 40 heavy (non-hydrogen) atoms. The van der Waals surface area contributed by atoms with E-state index in [0.29, 0.717) is 23.7 Å². The van der Waals surface area contributed by atoms with E-state index in [2.05, 4.69) is 5.32 Å². The number of para-hydroxylation sites is 1. The van der Waals surface area contributed by atoms with Crippen molar-refractivity contribution >= 4 is 39.1 Å². The molecule has 1 atom stereocenters. The van der Waals surface area contributed by atoms with Crippen molar-refractivity contribution in [1.29, 1.82) is 0 Å². The number of halogens is 1. The largest absolute Gasteiger partial charge is 0.354 e. The van der Waals surface area contributed by atoms with Crippen molar-refractivity contribution in [1.82, 2.24) is 10.2 Å². The highest BCUT2D eigenvalue weighted by atomic mass is 35.5. The second kappa shape index (κ2) is 13.8. The van der Waals surface area contributed by atoms with Gasteiger partial charge in [-0.25, -0.2) is 8.42 Å². The van der Waals surface area contributed by atoms with Gasteiger partial charge in [0.25, 0.3) is 10.0 Å². The van der Waals surface area contributed by atoms with Gasteiger partial charge in [0.05, 0.1) is 10.6 Å². The molecule has 3 rings (SSSR count). The topological polar surface area (TPSA) is 86.8 Å². The lowest BCUT2D eigenvalue weighted by Crippen LogP contribution is -2.51. The van der Waals surface area contributed by atoms with E-state index in [1.165, 1.54) is 4.90 Å². The Kier molecular flexibility index (Phi) is 10.8. The molecule has 0 aliphatic heterocycles. The van der Waals surface area contributed by atoms with Gasteiger partial charge in [-0.15, -0.1) is 0 Å². The molecule has 1 N–H and O–H groups in total. The van der Waals surface area contributed by atoms with Crippen LogP contribution in [0.1, 0.15) is 44.4 Å². The average molecular weight is 584 g/mol. The van der Waals surface area contributed by atoms with Crippen molar-refractivity contribution in [3.63, 3.8) is 0 Å². The molecule has 0 saturated carbocycles. The minimum Gasteiger partial charge on any atom is -0.354 e. The number of hydrogen-bond acceptors (Lipinski definition) is 4. The fraction of sp³-hybridized carbons (Fsp3) is 0.355. The van der Waals surface area contributed by atoms with Crippen LogP contribution in [-0.2, 0) is 32.6 Å². The second-order valence-electron chi connectivity index (χ2n) is 10.3. The zero-order chi connectivity index (χ0) is 29.4. The van der Waals surface area contributed by atoms with Crippen LogP contribution in [0.3, 0.4) is 0 Å². The average Bonchev–Trinajstić information content (AvgIpc) is 2.93. The normalized spacial score (nSPS) is 12.2. The van der Waals surface area contributed by atoms with Crippen molar-refractivity contribution in [2.75, 3.05) is 17.4 Å². The molecule has 214 valence electrons. The third-order valence-corrected chi connectivity index (χ3v) is 8.63. The number of nitrogens with one attached hydrogen (secondary N) is 1. The highest BCUT2D eigenvalue weighted by Crippen LogP contribution is 2.28. The summed E-state index contributed by atoms with van der Waals surface area (Å²) < 4.78 is 29.2. The van der Waals surface area contributed by atoms with E-state index in [4.69, 9.17) is 11.6 Å². The van der Waals surface area contributed by atoms with Gasteiger partial charge in [-0.2, -0.15) is 0 Å². The van der Waals surface area contributed by atoms with Crippen molar-refractivity contribution in [3.05, 3.63) is 94.5 Å². The zero-order valence-corrected chi connectivity index (χ0v) is 25.3. The molecule has 0 spiro atoms. The molecule has 0 heterocycles. The van der Waals surface area contributed by atoms with Gasteiger partial charge >= 0.3 is 0 Å². The summed E-state index contributed by atoms with van der Waals surface area (Å²) >= 11 is 6.20. The number of anilines is 1. The number of sulfonamides is 1. The van der Waals surface area contributed by atoms with Gasteiger partial charge in [-0.05, 0) is 67.6 Å². The molecule has 0 radical (unpaired) electrons. The zero-order valence-electron chi connectivity index (χ0n) is 23.7. The Hall–Kier alpha value is -3.36. The van der Waals surface area contributed by atoms with Gasteiger partial charge in [-0.1, -0.05) is 80.4 Å². The summed E-state index contributed by atoms with van der Waals surface area (Å²) in [5.74, 6) is -0.589. The van der Waals surface area contributed by atoms with E-state index >= 15 is 0 Å². The number of aryl methyl sites for hydroxylation is 2. The quantitative estimate of drug-likeness (QED) is 0.301. The van der Waals surface area contributed by atoms with E-state index in [-0.39, 0.29) is 23.3 Å². The molecule has 0 aliphatic rings. The van der Waals surface area contributed by atoms with Crippen LogP contribution >= 0.6 is 11.6 Å². The minimum absolute atomic E-state index is 0.0842. The van der Waals surface area contributed by atoms with Gasteiger partial charge in [0.15, 0.2) is 0 Å². The van der Waals surface area contributed by atoms with Crippen LogP contribution in [0.25, 0.3) is 0 Å². The number of rotatable bonds is 12. The summed E-state index contributed by atoms with van der Waals surface area (Å²) in [6.07, 6.45) is 0.574. The second-order valence-corrected chi connectivity index (χ2v) is 12.6. The molecule has 3 aromatic carbocycles. The minimum atomic E-state index is -4.11. The lowest BCUT2D eigenvalue weighted by molar-refractivity contribution is -0.139. The van der Waals surface area contributed by atoms with E-state index in [9.17, 15) is 18.0 Å². The van der Waals surface area contributed by atoms with E-state index in [1.807, 2.05) is 45.9 Å². The van der Waals surface area contributed by atoms with Gasteiger partial charge in [-0.3, -0.25) is 13.9 Å². The van der Waals surface area contributed by atoms with E-state index in [0.717, 1.165) is 21.0 Å². The Labute approximate surface area is 243 Å². The van der Waals surface area contributed by atoms with E-state index in [1.54, 1.807) is 61.5 Å². The maximum absolute atomic E-state index is 14.0. The molecule has 0 saturated heterocycles. The highest BCUT2D eigenvalue weighted by Gasteiger charge is 2.33. The summed E-state index contributed by atoms with van der Waals surface area (Å²) in [6, 6.07) is 19.9. The van der Waals surface area contributed by atoms with Crippen LogP contribution in [0.15, 0.2) is 77.7 Å². The number of amides is 2. The van der Waals surface area contributed by atoms with Gasteiger partial charge < -0.3 is 10.2 Å². The van der Waals surface area contributed by atoms with Gasteiger partial charge in [0.2, 0.25) is 11.8 Å². The molecular formula is C31H38ClN3O4S. The van der Waals surface area contributed by atoms with E-state index < -0.39 is 28.5 Å². The molecule has 0 bridgehead atoms. The van der Waals surface area contributed by atoms with Gasteiger partial charge in [0, 0.05) is 18.1 Å². The first-order valence-corrected chi connectivity index (χ1v) is 15.2. The fourth-order valence-corrected chi connectivity index (χ4v) is 5.94. The van der Waals surface area contributed by atoms with Crippen molar-refractivity contribution in [2.45, 2.75) is 58.5 Å². The predicted octanol–water partition coefficient (Wildman–Crippen LogP) is 5.60. The predicted molar refractivity (Wildman–Crippen MR) is 161 cm³/mol. The molecule has 3 aromatic rings. The summed E-state index contributed by atoms with van der Waals surface area (Å²) in [4.78, 5) is 28.6. The summed E-state index contributed by atoms with van der Waals surface area (Å²) in [6.45, 7) is 9.50. The summed E-state index contributed by atoms with van der Waals surface area (Å²) in [5.41, 5.74) is 2.87. The number of benzene rings is 3. The van der Waals surface area contributed by atoms with Crippen LogP contribution in [0, 0.1) is 12.8 Å². The van der Waals surface area contributed by atoms with Crippen LogP contribution in [0.2, 0.25) is 5.02 Å². The Morgan fingerprint density at radius 2 is 1.62 bits per heavy atom. The molecule has 0 aromatic heterocycles. The number of nitrogens with zero attached hydrogens (tertiary/aromatic N) is 2. The number of carbonyl (C=O) groups excluding carboxylic acids is 2. The molecule has 0 aliphatic carbocycles. The maximum Gasteiger partial charge on any atom is 0.264 e. The molecule has 1 unspecified atom stereocenters. The highest BCUT2D eigenvalue weighted by molar-refractivity contribution is 7.92. The lowest BCUT2D eigenvalue weighted by Gasteiger charge is -2.32. The standard InChI is InChI=1S/C31H38ClN3O4S/c1-6-26-11-7-8-13-29(26)35(40(38,39)28-16-14-23(4)15-17-28)21-30(36)34(20-25-10-9-12-27(32)18-25)24(5)31(37)33-19-22(2)3/h7-18,22,24H,6,19-21H2,1-5H3,(H,33,37). The first kappa shape index (κ1) is 31.2. The molecule has 0 fully saturated rings. The summed E-state index contributed by atoms with van der Waals surface area (Å²) in [5, 5.41) is 3.39.